The van der Waals surface area contributed by atoms with E-state index in [0.29, 0.717) is 6.04 Å². The molecule has 0 aliphatic rings. The summed E-state index contributed by atoms with van der Waals surface area (Å²) >= 11 is 1.77. The van der Waals surface area contributed by atoms with Gasteiger partial charge in [-0.15, -0.1) is 0 Å². The van der Waals surface area contributed by atoms with Crippen LogP contribution in [0.15, 0.2) is 29.0 Å². The third kappa shape index (κ3) is 3.68. The summed E-state index contributed by atoms with van der Waals surface area (Å²) in [6.45, 7) is 9.87. The number of nitrogens with one attached hydrogen (secondary N) is 1. The molecule has 2 aromatic rings. The Kier molecular flexibility index (Phi) is 4.78. The summed E-state index contributed by atoms with van der Waals surface area (Å²) < 4.78 is 0. The van der Waals surface area contributed by atoms with Crippen LogP contribution in [-0.2, 0) is 6.42 Å². The summed E-state index contributed by atoms with van der Waals surface area (Å²) in [6, 6.07) is 7.24. The fraction of sp³-hybridized carbons (Fsp3) is 0.412. The Morgan fingerprint density at radius 2 is 1.84 bits per heavy atom. The van der Waals surface area contributed by atoms with Crippen LogP contribution in [0.25, 0.3) is 0 Å². The molecule has 1 atom stereocenters. The first-order valence-corrected chi connectivity index (χ1v) is 7.84. The van der Waals surface area contributed by atoms with Gasteiger partial charge in [0, 0.05) is 6.04 Å². The number of aryl methyl sites for hydroxylation is 3. The summed E-state index contributed by atoms with van der Waals surface area (Å²) in [5.74, 6) is 0. The van der Waals surface area contributed by atoms with Crippen molar-refractivity contribution < 1.29 is 0 Å². The molecule has 102 valence electrons. The van der Waals surface area contributed by atoms with Crippen LogP contribution in [0.3, 0.4) is 0 Å². The first-order chi connectivity index (χ1) is 9.08. The molecule has 0 bridgehead atoms. The van der Waals surface area contributed by atoms with Crippen molar-refractivity contribution in [2.24, 2.45) is 0 Å². The minimum Gasteiger partial charge on any atom is -0.310 e. The minimum absolute atomic E-state index is 0.415. The molecule has 0 radical (unpaired) electrons. The van der Waals surface area contributed by atoms with Gasteiger partial charge in [-0.25, -0.2) is 0 Å². The van der Waals surface area contributed by atoms with E-state index < -0.39 is 0 Å². The van der Waals surface area contributed by atoms with Crippen molar-refractivity contribution in [2.45, 2.75) is 40.2 Å². The van der Waals surface area contributed by atoms with Crippen LogP contribution in [0.5, 0.6) is 0 Å². The van der Waals surface area contributed by atoms with E-state index in [1.165, 1.54) is 27.8 Å². The normalized spacial score (nSPS) is 12.6. The lowest BCUT2D eigenvalue weighted by atomic mass is 9.96. The fourth-order valence-electron chi connectivity index (χ4n) is 2.43. The monoisotopic (exact) mass is 273 g/mol. The quantitative estimate of drug-likeness (QED) is 0.841. The predicted octanol–water partition coefficient (Wildman–Crippen LogP) is 4.57. The molecule has 19 heavy (non-hydrogen) atoms. The second-order valence-electron chi connectivity index (χ2n) is 5.35. The first kappa shape index (κ1) is 14.3. The van der Waals surface area contributed by atoms with Gasteiger partial charge in [0.05, 0.1) is 0 Å². The molecule has 0 amide bonds. The maximum atomic E-state index is 3.63. The Morgan fingerprint density at radius 3 is 2.53 bits per heavy atom. The minimum atomic E-state index is 0.415. The van der Waals surface area contributed by atoms with E-state index in [9.17, 15) is 0 Å². The molecule has 2 heteroatoms. The van der Waals surface area contributed by atoms with E-state index in [2.05, 4.69) is 62.0 Å². The maximum absolute atomic E-state index is 3.63. The van der Waals surface area contributed by atoms with Crippen molar-refractivity contribution in [1.29, 1.82) is 0 Å². The molecule has 1 heterocycles. The van der Waals surface area contributed by atoms with Crippen molar-refractivity contribution in [3.63, 3.8) is 0 Å². The molecule has 0 saturated heterocycles. The van der Waals surface area contributed by atoms with Crippen molar-refractivity contribution in [3.05, 3.63) is 56.8 Å². The van der Waals surface area contributed by atoms with Crippen molar-refractivity contribution >= 4 is 11.3 Å². The first-order valence-electron chi connectivity index (χ1n) is 6.90. The lowest BCUT2D eigenvalue weighted by molar-refractivity contribution is 0.574. The van der Waals surface area contributed by atoms with Crippen molar-refractivity contribution in [2.75, 3.05) is 6.54 Å². The van der Waals surface area contributed by atoms with Crippen LogP contribution in [0, 0.1) is 20.8 Å². The van der Waals surface area contributed by atoms with Gasteiger partial charge in [-0.3, -0.25) is 0 Å². The predicted molar refractivity (Wildman–Crippen MR) is 85.1 cm³/mol. The highest BCUT2D eigenvalue weighted by Gasteiger charge is 2.09. The van der Waals surface area contributed by atoms with Crippen LogP contribution >= 0.6 is 11.3 Å². The second-order valence-corrected chi connectivity index (χ2v) is 6.13. The van der Waals surface area contributed by atoms with Crippen LogP contribution in [0.2, 0.25) is 0 Å². The summed E-state index contributed by atoms with van der Waals surface area (Å²) in [5.41, 5.74) is 7.01. The number of rotatable bonds is 5. The van der Waals surface area contributed by atoms with Crippen molar-refractivity contribution in [3.8, 4) is 0 Å². The van der Waals surface area contributed by atoms with Gasteiger partial charge < -0.3 is 5.32 Å². The SMILES string of the molecule is Cc1cc(C)c(C(C)NCCc2ccsc2)cc1C. The number of hydrogen-bond acceptors (Lipinski definition) is 2. The standard InChI is InChI=1S/C17H23NS/c1-12-9-14(3)17(10-13(12)2)15(4)18-7-5-16-6-8-19-11-16/h6,8-11,15,18H,5,7H2,1-4H3. The average molecular weight is 273 g/mol. The van der Waals surface area contributed by atoms with Crippen LogP contribution in [0.1, 0.15) is 40.8 Å². The Labute approximate surface area is 120 Å². The zero-order valence-electron chi connectivity index (χ0n) is 12.3. The van der Waals surface area contributed by atoms with E-state index in [-0.39, 0.29) is 0 Å². The van der Waals surface area contributed by atoms with Gasteiger partial charge in [0.2, 0.25) is 0 Å². The molecule has 0 spiro atoms. The summed E-state index contributed by atoms with van der Waals surface area (Å²) in [7, 11) is 0. The van der Waals surface area contributed by atoms with Gasteiger partial charge in [0.25, 0.3) is 0 Å². The van der Waals surface area contributed by atoms with E-state index in [0.717, 1.165) is 13.0 Å². The summed E-state index contributed by atoms with van der Waals surface area (Å²) in [5, 5.41) is 8.00. The molecule has 1 aromatic heterocycles. The largest absolute Gasteiger partial charge is 0.310 e. The van der Waals surface area contributed by atoms with Crippen molar-refractivity contribution in [1.82, 2.24) is 5.32 Å². The van der Waals surface area contributed by atoms with Gasteiger partial charge >= 0.3 is 0 Å². The molecule has 1 unspecified atom stereocenters. The molecule has 1 aromatic carbocycles. The Morgan fingerprint density at radius 1 is 1.11 bits per heavy atom. The molecule has 0 aliphatic heterocycles. The lowest BCUT2D eigenvalue weighted by Crippen LogP contribution is -2.22. The Balaban J connectivity index is 1.96. The molecule has 0 aliphatic carbocycles. The van der Waals surface area contributed by atoms with Gasteiger partial charge in [0.1, 0.15) is 0 Å². The Bertz CT molecular complexity index is 528. The average Bonchev–Trinajstić information content (AvgIpc) is 2.86. The molecule has 0 fully saturated rings. The molecule has 0 saturated carbocycles. The van der Waals surface area contributed by atoms with E-state index in [1.54, 1.807) is 11.3 Å². The zero-order valence-corrected chi connectivity index (χ0v) is 13.1. The summed E-state index contributed by atoms with van der Waals surface area (Å²) in [6.07, 6.45) is 1.11. The molecule has 1 N–H and O–H groups in total. The molecular weight excluding hydrogens is 250 g/mol. The van der Waals surface area contributed by atoms with Crippen LogP contribution < -0.4 is 5.32 Å². The van der Waals surface area contributed by atoms with Gasteiger partial charge in [-0.2, -0.15) is 11.3 Å². The number of benzene rings is 1. The lowest BCUT2D eigenvalue weighted by Gasteiger charge is -2.18. The van der Waals surface area contributed by atoms with E-state index in [4.69, 9.17) is 0 Å². The third-order valence-corrected chi connectivity index (χ3v) is 4.53. The van der Waals surface area contributed by atoms with E-state index in [1.807, 2.05) is 0 Å². The zero-order chi connectivity index (χ0) is 13.8. The third-order valence-electron chi connectivity index (χ3n) is 3.79. The number of thiophene rings is 1. The second kappa shape index (κ2) is 6.36. The van der Waals surface area contributed by atoms with Gasteiger partial charge in [0.15, 0.2) is 0 Å². The highest BCUT2D eigenvalue weighted by atomic mass is 32.1. The van der Waals surface area contributed by atoms with Gasteiger partial charge in [-0.1, -0.05) is 12.1 Å². The van der Waals surface area contributed by atoms with Crippen LogP contribution in [-0.4, -0.2) is 6.54 Å². The topological polar surface area (TPSA) is 12.0 Å². The molecule has 1 nitrogen and oxygen atoms in total. The highest BCUT2D eigenvalue weighted by molar-refractivity contribution is 7.07. The fourth-order valence-corrected chi connectivity index (χ4v) is 3.13. The molecule has 2 rings (SSSR count). The smallest absolute Gasteiger partial charge is 0.0294 e. The maximum Gasteiger partial charge on any atom is 0.0294 e. The van der Waals surface area contributed by atoms with E-state index >= 15 is 0 Å². The van der Waals surface area contributed by atoms with Crippen LogP contribution in [0.4, 0.5) is 0 Å². The number of hydrogen-bond donors (Lipinski definition) is 1. The van der Waals surface area contributed by atoms with Gasteiger partial charge in [-0.05, 0) is 85.3 Å². The molecular formula is C17H23NS. The Hall–Kier alpha value is -1.12. The highest BCUT2D eigenvalue weighted by Crippen LogP contribution is 2.21. The summed E-state index contributed by atoms with van der Waals surface area (Å²) in [4.78, 5) is 0.